The van der Waals surface area contributed by atoms with Crippen LogP contribution in [0.2, 0.25) is 0 Å². The molecule has 1 aliphatic rings. The fourth-order valence-electron chi connectivity index (χ4n) is 1.80. The van der Waals surface area contributed by atoms with Crippen molar-refractivity contribution in [2.45, 2.75) is 37.4 Å². The van der Waals surface area contributed by atoms with E-state index in [1.54, 1.807) is 12.1 Å². The maximum atomic E-state index is 12.1. The van der Waals surface area contributed by atoms with Crippen molar-refractivity contribution in [2.75, 3.05) is 0 Å². The van der Waals surface area contributed by atoms with Crippen molar-refractivity contribution in [1.29, 1.82) is 0 Å². The number of nitrogens with two attached hydrogens (primary N) is 1. The Balaban J connectivity index is 2.03. The molecule has 0 radical (unpaired) electrons. The van der Waals surface area contributed by atoms with Gasteiger partial charge in [0.1, 0.15) is 0 Å². The lowest BCUT2D eigenvalue weighted by Gasteiger charge is -2.14. The number of hydrogen-bond acceptors (Lipinski definition) is 1. The van der Waals surface area contributed by atoms with Crippen LogP contribution in [0.4, 0.5) is 13.2 Å². The predicted molar refractivity (Wildman–Crippen MR) is 56.0 cm³/mol. The van der Waals surface area contributed by atoms with Gasteiger partial charge < -0.3 is 5.73 Å². The Morgan fingerprint density at radius 1 is 1.19 bits per heavy atom. The van der Waals surface area contributed by atoms with E-state index in [1.165, 1.54) is 18.4 Å². The van der Waals surface area contributed by atoms with Crippen LogP contribution in [0, 0.1) is 0 Å². The quantitative estimate of drug-likeness (QED) is 0.843. The predicted octanol–water partition coefficient (Wildman–Crippen LogP) is 3.52. The van der Waals surface area contributed by atoms with Crippen molar-refractivity contribution in [1.82, 2.24) is 0 Å². The molecule has 4 heteroatoms. The van der Waals surface area contributed by atoms with Gasteiger partial charge in [-0.2, -0.15) is 13.2 Å². The van der Waals surface area contributed by atoms with Crippen LogP contribution >= 0.6 is 0 Å². The van der Waals surface area contributed by atoms with Gasteiger partial charge >= 0.3 is 6.18 Å². The number of rotatable bonds is 3. The lowest BCUT2D eigenvalue weighted by Crippen LogP contribution is -2.20. The molecule has 0 saturated heterocycles. The summed E-state index contributed by atoms with van der Waals surface area (Å²) in [6.07, 6.45) is -2.79. The van der Waals surface area contributed by atoms with E-state index in [2.05, 4.69) is 0 Å². The summed E-state index contributed by atoms with van der Waals surface area (Å²) in [4.78, 5) is 0. The monoisotopic (exact) mass is 229 g/mol. The maximum Gasteiger partial charge on any atom is 0.390 e. The number of halogens is 3. The molecule has 1 aliphatic carbocycles. The molecule has 1 nitrogen and oxygen atoms in total. The van der Waals surface area contributed by atoms with Crippen molar-refractivity contribution < 1.29 is 13.2 Å². The standard InChI is InChI=1S/C12H14F3N/c13-12(14,15)7-11(16)10-5-3-9(4-6-10)8-1-2-8/h3-6,8,11H,1-2,7,16H2/t11-/m0/s1. The molecule has 1 fully saturated rings. The van der Waals surface area contributed by atoms with Gasteiger partial charge in [0.05, 0.1) is 6.42 Å². The van der Waals surface area contributed by atoms with Gasteiger partial charge in [0.15, 0.2) is 0 Å². The number of alkyl halides is 3. The maximum absolute atomic E-state index is 12.1. The minimum atomic E-state index is -4.20. The highest BCUT2D eigenvalue weighted by Crippen LogP contribution is 2.40. The zero-order chi connectivity index (χ0) is 11.8. The van der Waals surface area contributed by atoms with Crippen molar-refractivity contribution >= 4 is 0 Å². The van der Waals surface area contributed by atoms with Crippen molar-refractivity contribution in [3.63, 3.8) is 0 Å². The molecular weight excluding hydrogens is 215 g/mol. The molecule has 1 atom stereocenters. The summed E-state index contributed by atoms with van der Waals surface area (Å²) in [5.41, 5.74) is 7.27. The van der Waals surface area contributed by atoms with Gasteiger partial charge in [-0.25, -0.2) is 0 Å². The van der Waals surface area contributed by atoms with Gasteiger partial charge in [0, 0.05) is 6.04 Å². The van der Waals surface area contributed by atoms with E-state index in [0.29, 0.717) is 11.5 Å². The topological polar surface area (TPSA) is 26.0 Å². The van der Waals surface area contributed by atoms with E-state index in [4.69, 9.17) is 5.73 Å². The van der Waals surface area contributed by atoms with Crippen LogP contribution in [0.1, 0.15) is 42.3 Å². The second-order valence-corrected chi connectivity index (χ2v) is 4.37. The lowest BCUT2D eigenvalue weighted by molar-refractivity contribution is -0.138. The van der Waals surface area contributed by atoms with Gasteiger partial charge in [-0.05, 0) is 29.9 Å². The molecule has 88 valence electrons. The van der Waals surface area contributed by atoms with E-state index in [-0.39, 0.29) is 0 Å². The summed E-state index contributed by atoms with van der Waals surface area (Å²) in [7, 11) is 0. The summed E-state index contributed by atoms with van der Waals surface area (Å²) < 4.78 is 36.4. The first kappa shape index (κ1) is 11.5. The van der Waals surface area contributed by atoms with E-state index in [0.717, 1.165) is 0 Å². The Kier molecular flexibility index (Phi) is 2.93. The van der Waals surface area contributed by atoms with Crippen LogP contribution in [0.15, 0.2) is 24.3 Å². The summed E-state index contributed by atoms with van der Waals surface area (Å²) in [5, 5.41) is 0. The second-order valence-electron chi connectivity index (χ2n) is 4.37. The third kappa shape index (κ3) is 2.98. The highest BCUT2D eigenvalue weighted by atomic mass is 19.4. The summed E-state index contributed by atoms with van der Waals surface area (Å²) in [5.74, 6) is 0.618. The first-order valence-electron chi connectivity index (χ1n) is 5.38. The lowest BCUT2D eigenvalue weighted by atomic mass is 10.0. The average molecular weight is 229 g/mol. The van der Waals surface area contributed by atoms with Gasteiger partial charge in [-0.15, -0.1) is 0 Å². The van der Waals surface area contributed by atoms with Crippen molar-refractivity contribution in [3.8, 4) is 0 Å². The zero-order valence-corrected chi connectivity index (χ0v) is 8.80. The number of benzene rings is 1. The van der Waals surface area contributed by atoms with Crippen LogP contribution in [0.5, 0.6) is 0 Å². The normalized spacial score (nSPS) is 18.5. The summed E-state index contributed by atoms with van der Waals surface area (Å²) in [6, 6.07) is 6.26. The smallest absolute Gasteiger partial charge is 0.324 e. The van der Waals surface area contributed by atoms with Gasteiger partial charge in [-0.1, -0.05) is 24.3 Å². The molecule has 2 N–H and O–H groups in total. The third-order valence-corrected chi connectivity index (χ3v) is 2.86. The van der Waals surface area contributed by atoms with E-state index in [1.807, 2.05) is 12.1 Å². The Bertz CT molecular complexity index is 352. The molecule has 0 unspecified atom stereocenters. The minimum Gasteiger partial charge on any atom is -0.324 e. The molecule has 0 amide bonds. The van der Waals surface area contributed by atoms with Crippen LogP contribution < -0.4 is 5.73 Å². The Labute approximate surface area is 92.5 Å². The zero-order valence-electron chi connectivity index (χ0n) is 8.80. The van der Waals surface area contributed by atoms with Gasteiger partial charge in [0.2, 0.25) is 0 Å². The Morgan fingerprint density at radius 3 is 2.19 bits per heavy atom. The first-order valence-corrected chi connectivity index (χ1v) is 5.38. The van der Waals surface area contributed by atoms with Crippen LogP contribution in [0.25, 0.3) is 0 Å². The van der Waals surface area contributed by atoms with Crippen LogP contribution in [0.3, 0.4) is 0 Å². The summed E-state index contributed by atoms with van der Waals surface area (Å²) in [6.45, 7) is 0. The Morgan fingerprint density at radius 2 is 1.75 bits per heavy atom. The molecule has 0 bridgehead atoms. The molecule has 1 aromatic carbocycles. The molecule has 0 heterocycles. The van der Waals surface area contributed by atoms with E-state index >= 15 is 0 Å². The molecule has 0 aliphatic heterocycles. The molecule has 16 heavy (non-hydrogen) atoms. The molecule has 0 spiro atoms. The van der Waals surface area contributed by atoms with E-state index < -0.39 is 18.6 Å². The fourth-order valence-corrected chi connectivity index (χ4v) is 1.80. The highest BCUT2D eigenvalue weighted by molar-refractivity contribution is 5.29. The van der Waals surface area contributed by atoms with Crippen LogP contribution in [-0.4, -0.2) is 6.18 Å². The summed E-state index contributed by atoms with van der Waals surface area (Å²) >= 11 is 0. The van der Waals surface area contributed by atoms with Crippen LogP contribution in [-0.2, 0) is 0 Å². The molecule has 0 aromatic heterocycles. The molecule has 1 saturated carbocycles. The van der Waals surface area contributed by atoms with E-state index in [9.17, 15) is 13.2 Å². The average Bonchev–Trinajstić information content (AvgIpc) is 2.98. The van der Waals surface area contributed by atoms with Gasteiger partial charge in [-0.3, -0.25) is 0 Å². The first-order chi connectivity index (χ1) is 7.46. The molecule has 2 rings (SSSR count). The highest BCUT2D eigenvalue weighted by Gasteiger charge is 2.31. The minimum absolute atomic E-state index is 0.557. The van der Waals surface area contributed by atoms with Crippen molar-refractivity contribution in [2.24, 2.45) is 5.73 Å². The van der Waals surface area contributed by atoms with Gasteiger partial charge in [0.25, 0.3) is 0 Å². The fraction of sp³-hybridized carbons (Fsp3) is 0.500. The second kappa shape index (κ2) is 4.09. The van der Waals surface area contributed by atoms with Crippen molar-refractivity contribution in [3.05, 3.63) is 35.4 Å². The molecular formula is C12H14F3N. The Hall–Kier alpha value is -1.03. The third-order valence-electron chi connectivity index (χ3n) is 2.86. The largest absolute Gasteiger partial charge is 0.390 e. The molecule has 1 aromatic rings. The number of hydrogen-bond donors (Lipinski definition) is 1. The SMILES string of the molecule is N[C@@H](CC(F)(F)F)c1ccc(C2CC2)cc1.